The average Bonchev–Trinajstić information content (AvgIpc) is 3.11. The van der Waals surface area contributed by atoms with Gasteiger partial charge < -0.3 is 10.0 Å². The van der Waals surface area contributed by atoms with Gasteiger partial charge in [-0.25, -0.2) is 4.98 Å². The number of aromatic nitrogens is 3. The lowest BCUT2D eigenvalue weighted by atomic mass is 10.2. The van der Waals surface area contributed by atoms with Crippen molar-refractivity contribution >= 4 is 5.82 Å². The van der Waals surface area contributed by atoms with Crippen molar-refractivity contribution in [2.24, 2.45) is 0 Å². The van der Waals surface area contributed by atoms with Crippen LogP contribution in [0.25, 0.3) is 0 Å². The van der Waals surface area contributed by atoms with Crippen LogP contribution in [-0.2, 0) is 26.2 Å². The second-order valence-electron chi connectivity index (χ2n) is 8.53. The standard InChI is InChI=1S/C21H33N7O/c1-24(2)21-5-4-17(11-22-21)12-26-8-9-28-19(14-26)10-18(23-28)13-27-7-6-25(3)20(15-27)16-29/h4-5,10-11,20,29H,6-9,12-16H2,1-3H3/t20-/m1/s1. The smallest absolute Gasteiger partial charge is 0.127 e. The van der Waals surface area contributed by atoms with E-state index in [-0.39, 0.29) is 12.6 Å². The topological polar surface area (TPSA) is 63.9 Å². The second kappa shape index (κ2) is 8.79. The molecule has 1 N–H and O–H groups in total. The van der Waals surface area contributed by atoms with E-state index in [0.717, 1.165) is 63.9 Å². The summed E-state index contributed by atoms with van der Waals surface area (Å²) in [5.74, 6) is 0.988. The van der Waals surface area contributed by atoms with E-state index in [1.165, 1.54) is 11.3 Å². The molecular formula is C21H33N7O. The molecule has 8 heteroatoms. The molecule has 29 heavy (non-hydrogen) atoms. The van der Waals surface area contributed by atoms with Crippen molar-refractivity contribution in [3.05, 3.63) is 41.3 Å². The molecule has 0 amide bonds. The molecule has 2 aliphatic rings. The van der Waals surface area contributed by atoms with Crippen molar-refractivity contribution < 1.29 is 5.11 Å². The summed E-state index contributed by atoms with van der Waals surface area (Å²) in [7, 11) is 6.11. The van der Waals surface area contributed by atoms with Crippen molar-refractivity contribution in [1.82, 2.24) is 29.5 Å². The van der Waals surface area contributed by atoms with Crippen molar-refractivity contribution in [3.8, 4) is 0 Å². The summed E-state index contributed by atoms with van der Waals surface area (Å²) < 4.78 is 2.17. The van der Waals surface area contributed by atoms with E-state index in [0.29, 0.717) is 0 Å². The van der Waals surface area contributed by atoms with Crippen LogP contribution in [0.2, 0.25) is 0 Å². The fourth-order valence-electron chi connectivity index (χ4n) is 4.21. The number of nitrogens with zero attached hydrogens (tertiary/aromatic N) is 7. The second-order valence-corrected chi connectivity index (χ2v) is 8.53. The monoisotopic (exact) mass is 399 g/mol. The molecular weight excluding hydrogens is 366 g/mol. The van der Waals surface area contributed by atoms with Crippen LogP contribution < -0.4 is 4.90 Å². The summed E-state index contributed by atoms with van der Waals surface area (Å²) in [6.07, 6.45) is 1.98. The summed E-state index contributed by atoms with van der Waals surface area (Å²) >= 11 is 0. The van der Waals surface area contributed by atoms with Gasteiger partial charge in [0, 0.05) is 72.1 Å². The van der Waals surface area contributed by atoms with Crippen molar-refractivity contribution in [1.29, 1.82) is 0 Å². The minimum Gasteiger partial charge on any atom is -0.395 e. The predicted octanol–water partition coefficient (Wildman–Crippen LogP) is 0.468. The zero-order valence-electron chi connectivity index (χ0n) is 17.8. The highest BCUT2D eigenvalue weighted by atomic mass is 16.3. The molecule has 158 valence electrons. The van der Waals surface area contributed by atoms with Crippen molar-refractivity contribution in [2.75, 3.05) is 58.8 Å². The molecule has 2 aromatic heterocycles. The molecule has 1 atom stereocenters. The van der Waals surface area contributed by atoms with Gasteiger partial charge in [-0.1, -0.05) is 6.07 Å². The predicted molar refractivity (Wildman–Crippen MR) is 114 cm³/mol. The third kappa shape index (κ3) is 4.78. The Morgan fingerprint density at radius 3 is 2.66 bits per heavy atom. The average molecular weight is 400 g/mol. The van der Waals surface area contributed by atoms with Gasteiger partial charge in [-0.2, -0.15) is 5.10 Å². The van der Waals surface area contributed by atoms with Crippen LogP contribution in [0.5, 0.6) is 0 Å². The Morgan fingerprint density at radius 1 is 1.10 bits per heavy atom. The van der Waals surface area contributed by atoms with E-state index in [1.807, 2.05) is 25.2 Å². The van der Waals surface area contributed by atoms with E-state index in [1.54, 1.807) is 0 Å². The third-order valence-electron chi connectivity index (χ3n) is 6.06. The zero-order chi connectivity index (χ0) is 20.4. The Labute approximate surface area is 173 Å². The van der Waals surface area contributed by atoms with Crippen LogP contribution >= 0.6 is 0 Å². The number of rotatable bonds is 6. The maximum absolute atomic E-state index is 9.57. The number of hydrogen-bond acceptors (Lipinski definition) is 7. The van der Waals surface area contributed by atoms with Crippen molar-refractivity contribution in [3.63, 3.8) is 0 Å². The Balaban J connectivity index is 1.35. The molecule has 0 bridgehead atoms. The molecule has 2 aromatic rings. The first-order valence-electron chi connectivity index (χ1n) is 10.5. The van der Waals surface area contributed by atoms with Gasteiger partial charge in [0.25, 0.3) is 0 Å². The van der Waals surface area contributed by atoms with Gasteiger partial charge in [-0.05, 0) is 24.7 Å². The van der Waals surface area contributed by atoms with E-state index in [2.05, 4.69) is 49.6 Å². The highest BCUT2D eigenvalue weighted by Gasteiger charge is 2.25. The summed E-state index contributed by atoms with van der Waals surface area (Å²) in [6, 6.07) is 6.73. The number of likely N-dealkylation sites (N-methyl/N-ethyl adjacent to an activating group) is 1. The van der Waals surface area contributed by atoms with E-state index >= 15 is 0 Å². The summed E-state index contributed by atoms with van der Waals surface area (Å²) in [5.41, 5.74) is 3.67. The lowest BCUT2D eigenvalue weighted by Crippen LogP contribution is -2.52. The number of aliphatic hydroxyl groups is 1. The van der Waals surface area contributed by atoms with Crippen LogP contribution in [0.3, 0.4) is 0 Å². The van der Waals surface area contributed by atoms with Gasteiger partial charge in [0.1, 0.15) is 5.82 Å². The molecule has 0 spiro atoms. The molecule has 0 unspecified atom stereocenters. The summed E-state index contributed by atoms with van der Waals surface area (Å²) in [6.45, 7) is 7.77. The third-order valence-corrected chi connectivity index (χ3v) is 6.06. The number of pyridine rings is 1. The number of piperazine rings is 1. The molecule has 0 aliphatic carbocycles. The quantitative estimate of drug-likeness (QED) is 0.757. The number of fused-ring (bicyclic) bond motifs is 1. The van der Waals surface area contributed by atoms with E-state index in [9.17, 15) is 5.11 Å². The van der Waals surface area contributed by atoms with Gasteiger partial charge in [0.15, 0.2) is 0 Å². The fourth-order valence-corrected chi connectivity index (χ4v) is 4.21. The Bertz CT molecular complexity index is 804. The molecule has 8 nitrogen and oxygen atoms in total. The minimum absolute atomic E-state index is 0.214. The highest BCUT2D eigenvalue weighted by molar-refractivity contribution is 5.37. The lowest BCUT2D eigenvalue weighted by Gasteiger charge is -2.38. The first-order valence-corrected chi connectivity index (χ1v) is 10.5. The first-order chi connectivity index (χ1) is 14.0. The van der Waals surface area contributed by atoms with Gasteiger partial charge in [0.05, 0.1) is 24.5 Å². The van der Waals surface area contributed by atoms with Crippen LogP contribution in [0.4, 0.5) is 5.82 Å². The van der Waals surface area contributed by atoms with Crippen LogP contribution in [0, 0.1) is 0 Å². The Hall–Kier alpha value is -2.00. The summed E-state index contributed by atoms with van der Waals surface area (Å²) in [4.78, 5) is 13.7. The van der Waals surface area contributed by atoms with Crippen LogP contribution in [0.15, 0.2) is 24.4 Å². The van der Waals surface area contributed by atoms with E-state index in [4.69, 9.17) is 5.10 Å². The highest BCUT2D eigenvalue weighted by Crippen LogP contribution is 2.19. The van der Waals surface area contributed by atoms with Gasteiger partial charge in [-0.15, -0.1) is 0 Å². The molecule has 0 aromatic carbocycles. The SMILES string of the molecule is CN(C)c1ccc(CN2CCn3nc(CN4CCN(C)[C@@H](CO)C4)cc3C2)cn1. The molecule has 1 saturated heterocycles. The maximum atomic E-state index is 9.57. The van der Waals surface area contributed by atoms with Crippen molar-refractivity contribution in [2.45, 2.75) is 32.2 Å². The molecule has 4 rings (SSSR count). The zero-order valence-corrected chi connectivity index (χ0v) is 17.8. The van der Waals surface area contributed by atoms with Gasteiger partial charge in [0.2, 0.25) is 0 Å². The first kappa shape index (κ1) is 20.3. The molecule has 0 radical (unpaired) electrons. The lowest BCUT2D eigenvalue weighted by molar-refractivity contribution is 0.0533. The fraction of sp³-hybridized carbons (Fsp3) is 0.619. The maximum Gasteiger partial charge on any atom is 0.127 e. The number of anilines is 1. The van der Waals surface area contributed by atoms with Gasteiger partial charge >= 0.3 is 0 Å². The Kier molecular flexibility index (Phi) is 6.15. The molecule has 0 saturated carbocycles. The molecule has 2 aliphatic heterocycles. The van der Waals surface area contributed by atoms with Gasteiger partial charge in [-0.3, -0.25) is 19.4 Å². The molecule has 1 fully saturated rings. The number of aliphatic hydroxyl groups excluding tert-OH is 1. The summed E-state index contributed by atoms with van der Waals surface area (Å²) in [5, 5.41) is 14.4. The van der Waals surface area contributed by atoms with E-state index < -0.39 is 0 Å². The normalized spacial score (nSPS) is 21.3. The molecule has 4 heterocycles. The minimum atomic E-state index is 0.214. The number of hydrogen-bond donors (Lipinski definition) is 1. The Morgan fingerprint density at radius 2 is 1.93 bits per heavy atom. The van der Waals surface area contributed by atoms with Crippen LogP contribution in [-0.4, -0.2) is 94.5 Å². The largest absolute Gasteiger partial charge is 0.395 e. The van der Waals surface area contributed by atoms with Crippen LogP contribution in [0.1, 0.15) is 17.0 Å².